The Hall–Kier alpha value is -2.63. The van der Waals surface area contributed by atoms with Gasteiger partial charge in [-0.1, -0.05) is 6.07 Å². The minimum atomic E-state index is 0.696. The topological polar surface area (TPSA) is 68.6 Å². The third-order valence-electron chi connectivity index (χ3n) is 2.88. The zero-order valence-electron chi connectivity index (χ0n) is 10.7. The van der Waals surface area contributed by atoms with Crippen LogP contribution in [0.3, 0.4) is 0 Å². The second kappa shape index (κ2) is 4.56. The van der Waals surface area contributed by atoms with Gasteiger partial charge in [0.15, 0.2) is 5.82 Å². The molecule has 0 spiro atoms. The Kier molecular flexibility index (Phi) is 2.75. The highest BCUT2D eigenvalue weighted by Gasteiger charge is 2.13. The molecule has 0 saturated heterocycles. The molecule has 6 heteroatoms. The normalized spacial score (nSPS) is 10.6. The number of rotatable bonds is 3. The number of hydrogen-bond acceptors (Lipinski definition) is 4. The van der Waals surface area contributed by atoms with E-state index in [1.807, 2.05) is 35.8 Å². The highest BCUT2D eigenvalue weighted by molar-refractivity contribution is 5.57. The highest BCUT2D eigenvalue weighted by atomic mass is 16.5. The quantitative estimate of drug-likeness (QED) is 0.777. The highest BCUT2D eigenvalue weighted by Crippen LogP contribution is 2.27. The van der Waals surface area contributed by atoms with Gasteiger partial charge in [0.25, 0.3) is 0 Å². The molecule has 1 aromatic carbocycles. The van der Waals surface area contributed by atoms with Crippen molar-refractivity contribution in [1.29, 1.82) is 0 Å². The predicted molar refractivity (Wildman–Crippen MR) is 70.2 cm³/mol. The van der Waals surface area contributed by atoms with Crippen LogP contribution in [0, 0.1) is 6.92 Å². The lowest BCUT2D eigenvalue weighted by atomic mass is 10.2. The monoisotopic (exact) mass is 255 g/mol. The number of nitrogens with zero attached hydrogens (tertiary/aromatic N) is 4. The van der Waals surface area contributed by atoms with E-state index in [9.17, 15) is 0 Å². The van der Waals surface area contributed by atoms with E-state index in [4.69, 9.17) is 4.74 Å². The molecule has 0 unspecified atom stereocenters. The van der Waals surface area contributed by atoms with Crippen molar-refractivity contribution in [1.82, 2.24) is 25.0 Å². The molecule has 0 aliphatic rings. The molecule has 1 N–H and O–H groups in total. The first-order valence-electron chi connectivity index (χ1n) is 5.84. The molecule has 0 atom stereocenters. The van der Waals surface area contributed by atoms with Crippen molar-refractivity contribution in [3.63, 3.8) is 0 Å². The lowest BCUT2D eigenvalue weighted by molar-refractivity contribution is 0.413. The molecule has 6 nitrogen and oxygen atoms in total. The van der Waals surface area contributed by atoms with Crippen LogP contribution in [0.1, 0.15) is 5.56 Å². The molecule has 2 aromatic heterocycles. The van der Waals surface area contributed by atoms with Gasteiger partial charge in [-0.15, -0.1) is 10.2 Å². The average molecular weight is 255 g/mol. The van der Waals surface area contributed by atoms with Gasteiger partial charge in [0.1, 0.15) is 17.8 Å². The molecule has 2 heterocycles. The fraction of sp³-hybridized carbons (Fsp3) is 0.154. The van der Waals surface area contributed by atoms with Crippen molar-refractivity contribution in [3.05, 3.63) is 42.4 Å². The third-order valence-corrected chi connectivity index (χ3v) is 2.88. The van der Waals surface area contributed by atoms with Gasteiger partial charge in [-0.3, -0.25) is 9.67 Å². The number of aryl methyl sites for hydroxylation is 1. The predicted octanol–water partition coefficient (Wildman–Crippen LogP) is 1.97. The first kappa shape index (κ1) is 11.5. The molecule has 19 heavy (non-hydrogen) atoms. The minimum Gasteiger partial charge on any atom is -0.495 e. The molecule has 0 amide bonds. The van der Waals surface area contributed by atoms with Crippen molar-refractivity contribution < 1.29 is 4.74 Å². The Morgan fingerprint density at radius 1 is 1.26 bits per heavy atom. The summed E-state index contributed by atoms with van der Waals surface area (Å²) < 4.78 is 7.27. The summed E-state index contributed by atoms with van der Waals surface area (Å²) in [7, 11) is 1.65. The van der Waals surface area contributed by atoms with E-state index in [0.29, 0.717) is 5.82 Å². The van der Waals surface area contributed by atoms with Crippen LogP contribution in [-0.2, 0) is 0 Å². The van der Waals surface area contributed by atoms with Crippen LogP contribution < -0.4 is 4.74 Å². The maximum absolute atomic E-state index is 5.39. The molecular weight excluding hydrogens is 242 g/mol. The van der Waals surface area contributed by atoms with Gasteiger partial charge in [0.05, 0.1) is 12.8 Å². The van der Waals surface area contributed by atoms with E-state index < -0.39 is 0 Å². The van der Waals surface area contributed by atoms with Crippen molar-refractivity contribution >= 4 is 0 Å². The van der Waals surface area contributed by atoms with E-state index >= 15 is 0 Å². The average Bonchev–Trinajstić information content (AvgIpc) is 3.09. The fourth-order valence-corrected chi connectivity index (χ4v) is 1.96. The largest absolute Gasteiger partial charge is 0.495 e. The van der Waals surface area contributed by atoms with Gasteiger partial charge in [-0.25, -0.2) is 0 Å². The summed E-state index contributed by atoms with van der Waals surface area (Å²) in [6.07, 6.45) is 3.34. The summed E-state index contributed by atoms with van der Waals surface area (Å²) in [4.78, 5) is 0. The molecule has 0 aliphatic heterocycles. The number of methoxy groups -OCH3 is 1. The van der Waals surface area contributed by atoms with E-state index in [1.54, 1.807) is 19.6 Å². The summed E-state index contributed by atoms with van der Waals surface area (Å²) in [5.41, 5.74) is 2.85. The number of aromatic amines is 1. The van der Waals surface area contributed by atoms with Crippen LogP contribution in [0.25, 0.3) is 17.2 Å². The van der Waals surface area contributed by atoms with Gasteiger partial charge >= 0.3 is 0 Å². The number of H-pyrrole nitrogens is 1. The van der Waals surface area contributed by atoms with Gasteiger partial charge < -0.3 is 4.74 Å². The first-order valence-corrected chi connectivity index (χ1v) is 5.84. The van der Waals surface area contributed by atoms with E-state index in [0.717, 1.165) is 22.7 Å². The van der Waals surface area contributed by atoms with Crippen molar-refractivity contribution in [3.8, 4) is 23.0 Å². The molecular formula is C13H13N5O. The summed E-state index contributed by atoms with van der Waals surface area (Å²) >= 11 is 0. The van der Waals surface area contributed by atoms with Gasteiger partial charge in [-0.2, -0.15) is 5.10 Å². The molecule has 96 valence electrons. The number of ether oxygens (including phenoxy) is 1. The van der Waals surface area contributed by atoms with Crippen LogP contribution in [0.4, 0.5) is 0 Å². The maximum Gasteiger partial charge on any atom is 0.186 e. The number of benzene rings is 1. The van der Waals surface area contributed by atoms with E-state index in [1.165, 1.54) is 0 Å². The number of nitrogens with one attached hydrogen (secondary N) is 1. The van der Waals surface area contributed by atoms with Crippen molar-refractivity contribution in [2.75, 3.05) is 7.11 Å². The van der Waals surface area contributed by atoms with Crippen LogP contribution in [0.2, 0.25) is 0 Å². The molecule has 0 bridgehead atoms. The molecule has 0 saturated carbocycles. The Bertz CT molecular complexity index is 687. The van der Waals surface area contributed by atoms with Crippen LogP contribution >= 0.6 is 0 Å². The summed E-state index contributed by atoms with van der Waals surface area (Å²) in [6, 6.07) is 7.81. The Labute approximate surface area is 110 Å². The molecule has 0 aliphatic carbocycles. The zero-order valence-corrected chi connectivity index (χ0v) is 10.7. The Morgan fingerprint density at radius 3 is 2.89 bits per heavy atom. The lowest BCUT2D eigenvalue weighted by Gasteiger charge is -2.11. The van der Waals surface area contributed by atoms with Gasteiger partial charge in [0, 0.05) is 6.20 Å². The van der Waals surface area contributed by atoms with Gasteiger partial charge in [-0.05, 0) is 30.7 Å². The standard InChI is InChI=1S/C13H13N5O/c1-9-3-4-12(19-2)11(7-9)18-8-15-17-13(18)10-5-6-14-16-10/h3-8H,1-2H3,(H,14,16). The van der Waals surface area contributed by atoms with Gasteiger partial charge in [0.2, 0.25) is 0 Å². The summed E-state index contributed by atoms with van der Waals surface area (Å²) in [5, 5.41) is 14.9. The van der Waals surface area contributed by atoms with Crippen LogP contribution in [-0.4, -0.2) is 32.1 Å². The van der Waals surface area contributed by atoms with Crippen LogP contribution in [0.5, 0.6) is 5.75 Å². The van der Waals surface area contributed by atoms with Crippen molar-refractivity contribution in [2.45, 2.75) is 6.92 Å². The molecule has 3 aromatic rings. The minimum absolute atomic E-state index is 0.696. The molecule has 0 fully saturated rings. The second-order valence-electron chi connectivity index (χ2n) is 4.17. The fourth-order valence-electron chi connectivity index (χ4n) is 1.96. The third kappa shape index (κ3) is 1.97. The van der Waals surface area contributed by atoms with E-state index in [2.05, 4.69) is 20.4 Å². The SMILES string of the molecule is COc1ccc(C)cc1-n1cnnc1-c1ccn[nH]1. The summed E-state index contributed by atoms with van der Waals surface area (Å²) in [6.45, 7) is 2.03. The number of aromatic nitrogens is 5. The van der Waals surface area contributed by atoms with Crippen LogP contribution in [0.15, 0.2) is 36.8 Å². The lowest BCUT2D eigenvalue weighted by Crippen LogP contribution is -2.00. The van der Waals surface area contributed by atoms with Crippen molar-refractivity contribution in [2.24, 2.45) is 0 Å². The maximum atomic E-state index is 5.39. The van der Waals surface area contributed by atoms with E-state index in [-0.39, 0.29) is 0 Å². The zero-order chi connectivity index (χ0) is 13.2. The second-order valence-corrected chi connectivity index (χ2v) is 4.17. The Balaban J connectivity index is 2.18. The molecule has 0 radical (unpaired) electrons. The number of hydrogen-bond donors (Lipinski definition) is 1. The summed E-state index contributed by atoms with van der Waals surface area (Å²) in [5.74, 6) is 1.47. The first-order chi connectivity index (χ1) is 9.29. The Morgan fingerprint density at radius 2 is 2.16 bits per heavy atom. The molecule has 3 rings (SSSR count). The smallest absolute Gasteiger partial charge is 0.186 e.